The molecule has 6 nitrogen and oxygen atoms in total. The van der Waals surface area contributed by atoms with E-state index < -0.39 is 23.9 Å². The van der Waals surface area contributed by atoms with Crippen LogP contribution in [0, 0.1) is 17.2 Å². The smallest absolute Gasteiger partial charge is 0.123 e. The van der Waals surface area contributed by atoms with E-state index in [1.807, 2.05) is 43.3 Å². The van der Waals surface area contributed by atoms with Gasteiger partial charge in [0.15, 0.2) is 0 Å². The Hall–Kier alpha value is -2.43. The fourth-order valence-electron chi connectivity index (χ4n) is 4.63. The number of methoxy groups -OCH3 is 1. The maximum atomic E-state index is 10.8. The molecule has 0 unspecified atom stereocenters. The summed E-state index contributed by atoms with van der Waals surface area (Å²) in [5.41, 5.74) is 3.00. The highest BCUT2D eigenvalue weighted by Gasteiger charge is 2.55. The highest BCUT2D eigenvalue weighted by Crippen LogP contribution is 2.49. The average molecular weight is 395 g/mol. The van der Waals surface area contributed by atoms with Crippen LogP contribution in [0.2, 0.25) is 0 Å². The molecule has 0 aromatic heterocycles. The normalized spacial score (nSPS) is 30.8. The summed E-state index contributed by atoms with van der Waals surface area (Å²) < 4.78 is 11.2. The van der Waals surface area contributed by atoms with Crippen molar-refractivity contribution in [1.29, 1.82) is 5.26 Å². The molecule has 1 aliphatic carbocycles. The second kappa shape index (κ2) is 7.43. The molecule has 1 fully saturated rings. The highest BCUT2D eigenvalue weighted by molar-refractivity contribution is 5.50. The zero-order chi connectivity index (χ0) is 20.8. The van der Waals surface area contributed by atoms with Crippen molar-refractivity contribution in [3.05, 3.63) is 64.2 Å². The van der Waals surface area contributed by atoms with E-state index in [4.69, 9.17) is 9.47 Å². The van der Waals surface area contributed by atoms with E-state index in [2.05, 4.69) is 6.07 Å². The van der Waals surface area contributed by atoms with Gasteiger partial charge >= 0.3 is 0 Å². The Bertz CT molecular complexity index is 951. The molecule has 5 atom stereocenters. The predicted molar refractivity (Wildman–Crippen MR) is 105 cm³/mol. The van der Waals surface area contributed by atoms with Crippen LogP contribution in [0.15, 0.2) is 36.4 Å². The van der Waals surface area contributed by atoms with E-state index in [1.54, 1.807) is 7.11 Å². The molecule has 2 aromatic carbocycles. The average Bonchev–Trinajstić information content (AvgIpc) is 3.09. The molecule has 1 saturated carbocycles. The van der Waals surface area contributed by atoms with Gasteiger partial charge in [0.25, 0.3) is 0 Å². The Morgan fingerprint density at radius 3 is 2.55 bits per heavy atom. The number of rotatable bonds is 3. The van der Waals surface area contributed by atoms with Crippen LogP contribution in [0.3, 0.4) is 0 Å². The molecule has 0 amide bonds. The largest absolute Gasteiger partial charge is 0.497 e. The van der Waals surface area contributed by atoms with Crippen molar-refractivity contribution in [2.75, 3.05) is 7.11 Å². The molecule has 4 rings (SSSR count). The van der Waals surface area contributed by atoms with Crippen LogP contribution in [-0.4, -0.2) is 40.7 Å². The van der Waals surface area contributed by atoms with Crippen molar-refractivity contribution in [2.24, 2.45) is 5.92 Å². The number of nitriles is 1. The van der Waals surface area contributed by atoms with Crippen molar-refractivity contribution in [2.45, 2.75) is 50.3 Å². The number of hydrogen-bond donors (Lipinski definition) is 3. The maximum absolute atomic E-state index is 10.8. The van der Waals surface area contributed by atoms with Gasteiger partial charge in [-0.3, -0.25) is 0 Å². The van der Waals surface area contributed by atoms with Crippen LogP contribution < -0.4 is 4.74 Å². The molecule has 0 saturated heterocycles. The summed E-state index contributed by atoms with van der Waals surface area (Å²) in [6.07, 6.45) is -2.58. The van der Waals surface area contributed by atoms with Gasteiger partial charge in [0.1, 0.15) is 23.6 Å². The van der Waals surface area contributed by atoms with E-state index in [9.17, 15) is 20.6 Å². The van der Waals surface area contributed by atoms with Crippen molar-refractivity contribution in [3.8, 4) is 11.8 Å². The Labute approximate surface area is 169 Å². The second-order valence-electron chi connectivity index (χ2n) is 8.09. The third kappa shape index (κ3) is 3.21. The molecule has 2 aromatic rings. The quantitative estimate of drug-likeness (QED) is 0.735. The number of ether oxygens (including phenoxy) is 2. The van der Waals surface area contributed by atoms with Gasteiger partial charge < -0.3 is 24.8 Å². The first-order chi connectivity index (χ1) is 13.9. The standard InChI is InChI=1S/C23H25NO5/c1-13-10-23(22(27)21(26)20(13)25)19-9-15(16(11-24)8-17(19)12-29-23)7-14-3-5-18(28-2)6-4-14/h3-6,8-9,13,20-22,25-27H,7,10,12H2,1-2H3/t13-,20+,21-,22+,23+/m0/s1. The SMILES string of the molecule is COc1ccc(Cc2cc3c(cc2C#N)CO[C@]32C[C@H](C)[C@@H](O)[C@H](O)[C@H]2O)cc1. The maximum Gasteiger partial charge on any atom is 0.123 e. The van der Waals surface area contributed by atoms with Gasteiger partial charge in [-0.25, -0.2) is 0 Å². The van der Waals surface area contributed by atoms with Gasteiger partial charge in [-0.15, -0.1) is 0 Å². The number of hydrogen-bond acceptors (Lipinski definition) is 6. The summed E-state index contributed by atoms with van der Waals surface area (Å²) in [5.74, 6) is 0.530. The van der Waals surface area contributed by atoms with Gasteiger partial charge in [-0.2, -0.15) is 5.26 Å². The van der Waals surface area contributed by atoms with Gasteiger partial charge in [0.2, 0.25) is 0 Å². The molecule has 3 N–H and O–H groups in total. The fraction of sp³-hybridized carbons (Fsp3) is 0.435. The molecule has 1 spiro atoms. The first-order valence-corrected chi connectivity index (χ1v) is 9.77. The van der Waals surface area contributed by atoms with E-state index in [0.717, 1.165) is 28.0 Å². The van der Waals surface area contributed by atoms with Crippen molar-refractivity contribution in [1.82, 2.24) is 0 Å². The lowest BCUT2D eigenvalue weighted by Crippen LogP contribution is -2.58. The third-order valence-corrected chi connectivity index (χ3v) is 6.30. The van der Waals surface area contributed by atoms with Gasteiger partial charge in [0, 0.05) is 0 Å². The van der Waals surface area contributed by atoms with Gasteiger partial charge in [-0.05, 0) is 59.2 Å². The molecule has 2 aliphatic rings. The predicted octanol–water partition coefficient (Wildman–Crippen LogP) is 2.01. The molecule has 1 heterocycles. The van der Waals surface area contributed by atoms with Crippen molar-refractivity contribution in [3.63, 3.8) is 0 Å². The van der Waals surface area contributed by atoms with E-state index in [1.165, 1.54) is 0 Å². The van der Waals surface area contributed by atoms with Gasteiger partial charge in [-0.1, -0.05) is 25.1 Å². The number of aliphatic hydroxyl groups is 3. The van der Waals surface area contributed by atoms with Crippen LogP contribution in [-0.2, 0) is 23.4 Å². The Morgan fingerprint density at radius 2 is 1.90 bits per heavy atom. The van der Waals surface area contributed by atoms with Crippen LogP contribution in [0.25, 0.3) is 0 Å². The number of benzene rings is 2. The minimum atomic E-state index is -1.29. The summed E-state index contributed by atoms with van der Waals surface area (Å²) in [6, 6.07) is 13.7. The number of aliphatic hydroxyl groups excluding tert-OH is 3. The number of fused-ring (bicyclic) bond motifs is 2. The molecular formula is C23H25NO5. The summed E-state index contributed by atoms with van der Waals surface area (Å²) >= 11 is 0. The monoisotopic (exact) mass is 395 g/mol. The zero-order valence-corrected chi connectivity index (χ0v) is 16.5. The zero-order valence-electron chi connectivity index (χ0n) is 16.5. The Morgan fingerprint density at radius 1 is 1.17 bits per heavy atom. The molecule has 1 aliphatic heterocycles. The lowest BCUT2D eigenvalue weighted by molar-refractivity contribution is -0.222. The first kappa shape index (κ1) is 19.9. The van der Waals surface area contributed by atoms with Crippen LogP contribution >= 0.6 is 0 Å². The summed E-state index contributed by atoms with van der Waals surface area (Å²) in [7, 11) is 1.62. The summed E-state index contributed by atoms with van der Waals surface area (Å²) in [4.78, 5) is 0. The number of nitrogens with zero attached hydrogens (tertiary/aromatic N) is 1. The molecule has 152 valence electrons. The summed E-state index contributed by atoms with van der Waals surface area (Å²) in [5, 5.41) is 41.0. The minimum absolute atomic E-state index is 0.236. The Balaban J connectivity index is 1.74. The molecular weight excluding hydrogens is 370 g/mol. The van der Waals surface area contributed by atoms with Crippen molar-refractivity contribution < 1.29 is 24.8 Å². The fourth-order valence-corrected chi connectivity index (χ4v) is 4.63. The highest BCUT2D eigenvalue weighted by atomic mass is 16.5. The topological polar surface area (TPSA) is 103 Å². The summed E-state index contributed by atoms with van der Waals surface area (Å²) in [6.45, 7) is 2.10. The first-order valence-electron chi connectivity index (χ1n) is 9.77. The third-order valence-electron chi connectivity index (χ3n) is 6.30. The molecule has 0 radical (unpaired) electrons. The van der Waals surface area contributed by atoms with E-state index >= 15 is 0 Å². The van der Waals surface area contributed by atoms with Gasteiger partial charge in [0.05, 0.1) is 31.5 Å². The molecule has 0 bridgehead atoms. The Kier molecular flexibility index (Phi) is 5.09. The van der Waals surface area contributed by atoms with E-state index in [-0.39, 0.29) is 12.5 Å². The second-order valence-corrected chi connectivity index (χ2v) is 8.09. The van der Waals surface area contributed by atoms with Crippen molar-refractivity contribution >= 4 is 0 Å². The van der Waals surface area contributed by atoms with Crippen LogP contribution in [0.1, 0.15) is 41.2 Å². The van der Waals surface area contributed by atoms with Crippen LogP contribution in [0.5, 0.6) is 5.75 Å². The molecule has 29 heavy (non-hydrogen) atoms. The lowest BCUT2D eigenvalue weighted by Gasteiger charge is -2.46. The molecule has 6 heteroatoms. The van der Waals surface area contributed by atoms with E-state index in [0.29, 0.717) is 18.4 Å². The van der Waals surface area contributed by atoms with Crippen LogP contribution in [0.4, 0.5) is 0 Å². The minimum Gasteiger partial charge on any atom is -0.497 e. The lowest BCUT2D eigenvalue weighted by atomic mass is 9.69.